The van der Waals surface area contributed by atoms with Crippen LogP contribution in [0, 0.1) is 6.92 Å². The molecule has 3 heterocycles. The number of nitrogens with one attached hydrogen (secondary N) is 1. The SMILES string of the molecule is CC1=CC(C)(C)N(C)c2ccc([C@H]3[C@@H](c4ccccn4)NC(=S)N3c3ccc(Oc4ccc(C)cc4)cc3)cc21. The van der Waals surface area contributed by atoms with E-state index in [9.17, 15) is 0 Å². The third kappa shape index (κ3) is 4.73. The zero-order valence-electron chi connectivity index (χ0n) is 23.6. The molecule has 1 saturated heterocycles. The van der Waals surface area contributed by atoms with Gasteiger partial charge >= 0.3 is 0 Å². The summed E-state index contributed by atoms with van der Waals surface area (Å²) in [4.78, 5) is 9.27. The molecule has 2 aliphatic heterocycles. The molecule has 5 nitrogen and oxygen atoms in total. The lowest BCUT2D eigenvalue weighted by atomic mass is 9.86. The molecule has 40 heavy (non-hydrogen) atoms. The Morgan fingerprint density at radius 2 is 1.60 bits per heavy atom. The van der Waals surface area contributed by atoms with E-state index < -0.39 is 0 Å². The third-order valence-electron chi connectivity index (χ3n) is 8.05. The van der Waals surface area contributed by atoms with Gasteiger partial charge in [-0.3, -0.25) is 4.98 Å². The maximum atomic E-state index is 6.09. The summed E-state index contributed by atoms with van der Waals surface area (Å²) in [7, 11) is 2.16. The molecule has 1 fully saturated rings. The van der Waals surface area contributed by atoms with Crippen molar-refractivity contribution in [2.75, 3.05) is 16.8 Å². The quantitative estimate of drug-likeness (QED) is 0.256. The zero-order chi connectivity index (χ0) is 28.0. The number of anilines is 2. The molecular weight excluding hydrogens is 512 g/mol. The highest BCUT2D eigenvalue weighted by Crippen LogP contribution is 2.45. The molecule has 0 amide bonds. The molecule has 0 saturated carbocycles. The van der Waals surface area contributed by atoms with Gasteiger partial charge in [0, 0.05) is 30.2 Å². The van der Waals surface area contributed by atoms with Crippen LogP contribution in [0.1, 0.15) is 55.2 Å². The van der Waals surface area contributed by atoms with Crippen LogP contribution < -0.4 is 19.9 Å². The lowest BCUT2D eigenvalue weighted by molar-refractivity contribution is 0.482. The summed E-state index contributed by atoms with van der Waals surface area (Å²) in [6.45, 7) is 8.77. The van der Waals surface area contributed by atoms with Gasteiger partial charge in [-0.15, -0.1) is 0 Å². The van der Waals surface area contributed by atoms with Crippen molar-refractivity contribution < 1.29 is 4.74 Å². The van der Waals surface area contributed by atoms with Crippen LogP contribution in [0.4, 0.5) is 11.4 Å². The Hall–Kier alpha value is -4.16. The number of rotatable bonds is 5. The lowest BCUT2D eigenvalue weighted by Gasteiger charge is -2.41. The smallest absolute Gasteiger partial charge is 0.174 e. The number of aryl methyl sites for hydroxylation is 1. The van der Waals surface area contributed by atoms with E-state index in [0.29, 0.717) is 5.11 Å². The second-order valence-corrected chi connectivity index (χ2v) is 11.6. The zero-order valence-corrected chi connectivity index (χ0v) is 24.4. The Balaban J connectivity index is 1.39. The van der Waals surface area contributed by atoms with Gasteiger partial charge in [-0.25, -0.2) is 0 Å². The topological polar surface area (TPSA) is 40.6 Å². The number of benzene rings is 3. The molecule has 4 aromatic rings. The first-order chi connectivity index (χ1) is 19.2. The highest BCUT2D eigenvalue weighted by Gasteiger charge is 2.41. The van der Waals surface area contributed by atoms with Crippen molar-refractivity contribution in [3.8, 4) is 11.5 Å². The standard InChI is InChI=1S/C34H34N4OS/c1-22-9-14-26(15-10-22)39-27-16-12-25(13-17-27)38-32(31(36-33(38)40)29-8-6-7-19-35-29)24-11-18-30-28(20-24)23(2)21-34(3,4)37(30)5/h6-21,31-32H,1-5H3,(H,36,40)/t31-,32+/m1/s1. The van der Waals surface area contributed by atoms with Crippen molar-refractivity contribution in [3.63, 3.8) is 0 Å². The maximum absolute atomic E-state index is 6.09. The van der Waals surface area contributed by atoms with E-state index in [4.69, 9.17) is 21.9 Å². The minimum atomic E-state index is -0.0997. The first-order valence-corrected chi connectivity index (χ1v) is 14.0. The van der Waals surface area contributed by atoms with E-state index in [1.165, 1.54) is 28.0 Å². The van der Waals surface area contributed by atoms with Crippen molar-refractivity contribution >= 4 is 34.3 Å². The van der Waals surface area contributed by atoms with Crippen LogP contribution in [0.5, 0.6) is 11.5 Å². The summed E-state index contributed by atoms with van der Waals surface area (Å²) < 4.78 is 6.09. The first-order valence-electron chi connectivity index (χ1n) is 13.6. The molecule has 0 unspecified atom stereocenters. The van der Waals surface area contributed by atoms with E-state index in [1.54, 1.807) is 0 Å². The number of pyridine rings is 1. The van der Waals surface area contributed by atoms with Crippen molar-refractivity contribution in [1.29, 1.82) is 0 Å². The summed E-state index contributed by atoms with van der Waals surface area (Å²) >= 11 is 5.96. The molecule has 0 radical (unpaired) electrons. The second-order valence-electron chi connectivity index (χ2n) is 11.2. The summed E-state index contributed by atoms with van der Waals surface area (Å²) in [5.41, 5.74) is 8.07. The van der Waals surface area contributed by atoms with Gasteiger partial charge in [0.05, 0.1) is 23.3 Å². The Morgan fingerprint density at radius 1 is 0.900 bits per heavy atom. The molecule has 2 atom stereocenters. The molecule has 0 spiro atoms. The molecule has 0 bridgehead atoms. The summed E-state index contributed by atoms with van der Waals surface area (Å²) in [6, 6.07) is 28.9. The van der Waals surface area contributed by atoms with Crippen molar-refractivity contribution in [3.05, 3.63) is 120 Å². The van der Waals surface area contributed by atoms with Crippen LogP contribution >= 0.6 is 12.2 Å². The van der Waals surface area contributed by atoms with Gasteiger partial charge < -0.3 is 19.9 Å². The van der Waals surface area contributed by atoms with Crippen LogP contribution in [0.25, 0.3) is 5.57 Å². The molecule has 2 aliphatic rings. The molecule has 6 heteroatoms. The van der Waals surface area contributed by atoms with Crippen LogP contribution in [-0.2, 0) is 0 Å². The Morgan fingerprint density at radius 3 is 2.27 bits per heavy atom. The fraction of sp³-hybridized carbons (Fsp3) is 0.235. The molecular formula is C34H34N4OS. The van der Waals surface area contributed by atoms with E-state index in [1.807, 2.05) is 42.6 Å². The lowest BCUT2D eigenvalue weighted by Crippen LogP contribution is -2.42. The van der Waals surface area contributed by atoms with Crippen LogP contribution in [-0.4, -0.2) is 22.7 Å². The minimum absolute atomic E-state index is 0.0417. The van der Waals surface area contributed by atoms with Crippen molar-refractivity contribution in [2.45, 2.75) is 45.3 Å². The second kappa shape index (κ2) is 10.1. The van der Waals surface area contributed by atoms with Gasteiger partial charge in [-0.05, 0) is 112 Å². The largest absolute Gasteiger partial charge is 0.457 e. The number of ether oxygens (including phenoxy) is 1. The predicted octanol–water partition coefficient (Wildman–Crippen LogP) is 7.99. The average molecular weight is 547 g/mol. The number of allylic oxidation sites excluding steroid dienone is 1. The van der Waals surface area contributed by atoms with Gasteiger partial charge in [0.2, 0.25) is 0 Å². The fourth-order valence-electron chi connectivity index (χ4n) is 5.75. The van der Waals surface area contributed by atoms with E-state index in [-0.39, 0.29) is 17.6 Å². The van der Waals surface area contributed by atoms with Gasteiger partial charge in [0.15, 0.2) is 5.11 Å². The Bertz CT molecular complexity index is 1580. The summed E-state index contributed by atoms with van der Waals surface area (Å²) in [5, 5.41) is 4.26. The maximum Gasteiger partial charge on any atom is 0.174 e. The monoisotopic (exact) mass is 546 g/mol. The number of aromatic nitrogens is 1. The number of nitrogens with zero attached hydrogens (tertiary/aromatic N) is 3. The third-order valence-corrected chi connectivity index (χ3v) is 8.37. The van der Waals surface area contributed by atoms with Crippen LogP contribution in [0.3, 0.4) is 0 Å². The van der Waals surface area contributed by atoms with Crippen LogP contribution in [0.2, 0.25) is 0 Å². The van der Waals surface area contributed by atoms with Gasteiger partial charge in [-0.2, -0.15) is 0 Å². The van der Waals surface area contributed by atoms with Crippen molar-refractivity contribution in [2.24, 2.45) is 0 Å². The summed E-state index contributed by atoms with van der Waals surface area (Å²) in [5.74, 6) is 1.60. The Labute approximate surface area is 242 Å². The highest BCUT2D eigenvalue weighted by molar-refractivity contribution is 7.80. The van der Waals surface area contributed by atoms with Gasteiger partial charge in [0.25, 0.3) is 0 Å². The number of hydrogen-bond acceptors (Lipinski definition) is 4. The molecule has 202 valence electrons. The highest BCUT2D eigenvalue weighted by atomic mass is 32.1. The molecule has 1 aromatic heterocycles. The number of fused-ring (bicyclic) bond motifs is 1. The van der Waals surface area contributed by atoms with E-state index in [2.05, 4.69) is 104 Å². The number of thiocarbonyl (C=S) groups is 1. The van der Waals surface area contributed by atoms with Gasteiger partial charge in [0.1, 0.15) is 11.5 Å². The first kappa shape index (κ1) is 26.1. The minimum Gasteiger partial charge on any atom is -0.457 e. The number of likely N-dealkylation sites (N-methyl/N-ethyl adjacent to an activating group) is 1. The molecule has 6 rings (SSSR count). The normalized spacial score (nSPS) is 19.6. The predicted molar refractivity (Wildman–Crippen MR) is 168 cm³/mol. The van der Waals surface area contributed by atoms with Crippen molar-refractivity contribution in [1.82, 2.24) is 10.3 Å². The van der Waals surface area contributed by atoms with E-state index in [0.717, 1.165) is 22.9 Å². The Kier molecular flexibility index (Phi) is 6.59. The summed E-state index contributed by atoms with van der Waals surface area (Å²) in [6.07, 6.45) is 4.19. The fourth-order valence-corrected chi connectivity index (χ4v) is 6.10. The number of hydrogen-bond donors (Lipinski definition) is 1. The molecule has 3 aromatic carbocycles. The van der Waals surface area contributed by atoms with E-state index >= 15 is 0 Å². The average Bonchev–Trinajstić information content (AvgIpc) is 3.30. The van der Waals surface area contributed by atoms with Gasteiger partial charge in [-0.1, -0.05) is 35.9 Å². The molecule has 1 N–H and O–H groups in total. The van der Waals surface area contributed by atoms with Crippen LogP contribution in [0.15, 0.2) is 97.2 Å². The molecule has 0 aliphatic carbocycles.